The van der Waals surface area contributed by atoms with E-state index in [9.17, 15) is 4.79 Å². The van der Waals surface area contributed by atoms with E-state index in [1.54, 1.807) is 11.8 Å². The lowest BCUT2D eigenvalue weighted by Crippen LogP contribution is -2.33. The summed E-state index contributed by atoms with van der Waals surface area (Å²) in [7, 11) is 4.10. The molecule has 0 radical (unpaired) electrons. The molecule has 3 nitrogen and oxygen atoms in total. The highest BCUT2D eigenvalue weighted by Crippen LogP contribution is 2.26. The highest BCUT2D eigenvalue weighted by molar-refractivity contribution is 7.98. The largest absolute Gasteiger partial charge is 0.352 e. The highest BCUT2D eigenvalue weighted by Gasteiger charge is 2.12. The van der Waals surface area contributed by atoms with Crippen LogP contribution in [-0.4, -0.2) is 38.0 Å². The minimum Gasteiger partial charge on any atom is -0.352 e. The second kappa shape index (κ2) is 9.50. The van der Waals surface area contributed by atoms with Crippen LogP contribution in [0.4, 0.5) is 0 Å². The summed E-state index contributed by atoms with van der Waals surface area (Å²) in [5, 5.41) is 3.06. The number of rotatable bonds is 8. The molecule has 0 saturated carbocycles. The topological polar surface area (TPSA) is 32.3 Å². The number of benzene rings is 2. The fraction of sp³-hybridized carbons (Fsp3) is 0.350. The lowest BCUT2D eigenvalue weighted by atomic mass is 10.1. The van der Waals surface area contributed by atoms with Crippen molar-refractivity contribution in [3.63, 3.8) is 0 Å². The monoisotopic (exact) mass is 342 g/mol. The maximum absolute atomic E-state index is 12.5. The average molecular weight is 343 g/mol. The lowest BCUT2D eigenvalue weighted by Gasteiger charge is -2.17. The van der Waals surface area contributed by atoms with Gasteiger partial charge in [-0.1, -0.05) is 49.4 Å². The number of thioether (sulfide) groups is 1. The summed E-state index contributed by atoms with van der Waals surface area (Å²) in [6, 6.07) is 18.2. The molecule has 0 aromatic heterocycles. The molecular formula is C20H26N2OS. The smallest absolute Gasteiger partial charge is 0.252 e. The third kappa shape index (κ3) is 6.02. The van der Waals surface area contributed by atoms with Crippen molar-refractivity contribution in [2.45, 2.75) is 17.6 Å². The van der Waals surface area contributed by atoms with Crippen molar-refractivity contribution >= 4 is 17.7 Å². The Morgan fingerprint density at radius 2 is 1.75 bits per heavy atom. The number of hydrogen-bond acceptors (Lipinski definition) is 3. The zero-order valence-electron chi connectivity index (χ0n) is 14.7. The SMILES string of the molecule is C[C@@H](CNC(=O)c1ccccc1SCc1ccccc1)CN(C)C. The van der Waals surface area contributed by atoms with Crippen LogP contribution in [0.25, 0.3) is 0 Å². The first-order valence-corrected chi connectivity index (χ1v) is 9.23. The van der Waals surface area contributed by atoms with Gasteiger partial charge in [-0.15, -0.1) is 11.8 Å². The summed E-state index contributed by atoms with van der Waals surface area (Å²) >= 11 is 1.70. The molecule has 2 rings (SSSR count). The molecule has 1 amide bonds. The predicted molar refractivity (Wildman–Crippen MR) is 102 cm³/mol. The Balaban J connectivity index is 1.96. The highest BCUT2D eigenvalue weighted by atomic mass is 32.2. The van der Waals surface area contributed by atoms with Gasteiger partial charge >= 0.3 is 0 Å². The zero-order chi connectivity index (χ0) is 17.4. The normalized spacial score (nSPS) is 12.2. The molecule has 0 heterocycles. The number of nitrogens with zero attached hydrogens (tertiary/aromatic N) is 1. The van der Waals surface area contributed by atoms with Crippen LogP contribution < -0.4 is 5.32 Å². The molecule has 0 bridgehead atoms. The fourth-order valence-corrected chi connectivity index (χ4v) is 3.57. The van der Waals surface area contributed by atoms with Gasteiger partial charge in [-0.2, -0.15) is 0 Å². The number of carbonyl (C=O) groups is 1. The quantitative estimate of drug-likeness (QED) is 0.738. The van der Waals surface area contributed by atoms with E-state index in [1.807, 2.05) is 56.6 Å². The molecule has 0 saturated heterocycles. The van der Waals surface area contributed by atoms with Gasteiger partial charge in [0.05, 0.1) is 5.56 Å². The van der Waals surface area contributed by atoms with Gasteiger partial charge < -0.3 is 10.2 Å². The molecule has 1 N–H and O–H groups in total. The van der Waals surface area contributed by atoms with Crippen LogP contribution in [0.3, 0.4) is 0 Å². The zero-order valence-corrected chi connectivity index (χ0v) is 15.5. The molecule has 0 aliphatic heterocycles. The van der Waals surface area contributed by atoms with Crippen LogP contribution in [0, 0.1) is 5.92 Å². The van der Waals surface area contributed by atoms with Crippen LogP contribution in [0.2, 0.25) is 0 Å². The molecule has 1 atom stereocenters. The summed E-state index contributed by atoms with van der Waals surface area (Å²) in [6.45, 7) is 3.80. The van der Waals surface area contributed by atoms with Crippen molar-refractivity contribution in [3.8, 4) is 0 Å². The lowest BCUT2D eigenvalue weighted by molar-refractivity contribution is 0.0943. The Labute approximate surface area is 149 Å². The number of nitrogens with one attached hydrogen (secondary N) is 1. The maximum Gasteiger partial charge on any atom is 0.252 e. The van der Waals surface area contributed by atoms with Gasteiger partial charge in [0.2, 0.25) is 0 Å². The van der Waals surface area contributed by atoms with Gasteiger partial charge in [0.1, 0.15) is 0 Å². The summed E-state index contributed by atoms with van der Waals surface area (Å²) in [6.07, 6.45) is 0. The van der Waals surface area contributed by atoms with Gasteiger partial charge in [-0.3, -0.25) is 4.79 Å². The van der Waals surface area contributed by atoms with Crippen molar-refractivity contribution in [3.05, 3.63) is 65.7 Å². The summed E-state index contributed by atoms with van der Waals surface area (Å²) in [5.41, 5.74) is 2.02. The molecule has 2 aromatic carbocycles. The minimum atomic E-state index is 0.0109. The molecule has 24 heavy (non-hydrogen) atoms. The Hall–Kier alpha value is -1.78. The molecule has 0 spiro atoms. The third-order valence-electron chi connectivity index (χ3n) is 3.66. The van der Waals surface area contributed by atoms with E-state index in [2.05, 4.69) is 29.3 Å². The molecule has 4 heteroatoms. The number of hydrogen-bond donors (Lipinski definition) is 1. The van der Waals surface area contributed by atoms with E-state index in [4.69, 9.17) is 0 Å². The number of amides is 1. The van der Waals surface area contributed by atoms with E-state index >= 15 is 0 Å². The van der Waals surface area contributed by atoms with Gasteiger partial charge in [0, 0.05) is 23.7 Å². The maximum atomic E-state index is 12.5. The van der Waals surface area contributed by atoms with Crippen molar-refractivity contribution < 1.29 is 4.79 Å². The summed E-state index contributed by atoms with van der Waals surface area (Å²) < 4.78 is 0. The summed E-state index contributed by atoms with van der Waals surface area (Å²) in [4.78, 5) is 15.7. The van der Waals surface area contributed by atoms with Crippen LogP contribution in [0.5, 0.6) is 0 Å². The van der Waals surface area contributed by atoms with Crippen molar-refractivity contribution in [2.24, 2.45) is 5.92 Å². The predicted octanol–water partition coefficient (Wildman–Crippen LogP) is 3.91. The van der Waals surface area contributed by atoms with Crippen molar-refractivity contribution in [1.82, 2.24) is 10.2 Å². The van der Waals surface area contributed by atoms with E-state index < -0.39 is 0 Å². The van der Waals surface area contributed by atoms with Gasteiger partial charge in [0.25, 0.3) is 5.91 Å². The van der Waals surface area contributed by atoms with Crippen LogP contribution >= 0.6 is 11.8 Å². The average Bonchev–Trinajstić information content (AvgIpc) is 2.58. The fourth-order valence-electron chi connectivity index (χ4n) is 2.57. The standard InChI is InChI=1S/C20H26N2OS/c1-16(14-22(2)3)13-21-20(23)18-11-7-8-12-19(18)24-15-17-9-5-4-6-10-17/h4-12,16H,13-15H2,1-3H3,(H,21,23)/t16-/m0/s1. The van der Waals surface area contributed by atoms with E-state index in [1.165, 1.54) is 5.56 Å². The Morgan fingerprint density at radius 3 is 2.46 bits per heavy atom. The molecule has 0 aliphatic rings. The van der Waals surface area contributed by atoms with E-state index in [0.29, 0.717) is 12.5 Å². The van der Waals surface area contributed by atoms with E-state index in [0.717, 1.165) is 22.8 Å². The van der Waals surface area contributed by atoms with Gasteiger partial charge in [-0.25, -0.2) is 0 Å². The Morgan fingerprint density at radius 1 is 1.08 bits per heavy atom. The van der Waals surface area contributed by atoms with Gasteiger partial charge in [-0.05, 0) is 37.7 Å². The first-order valence-electron chi connectivity index (χ1n) is 8.25. The van der Waals surface area contributed by atoms with Crippen molar-refractivity contribution in [2.75, 3.05) is 27.2 Å². The van der Waals surface area contributed by atoms with Crippen LogP contribution in [0.1, 0.15) is 22.8 Å². The molecule has 0 unspecified atom stereocenters. The second-order valence-corrected chi connectivity index (χ2v) is 7.37. The van der Waals surface area contributed by atoms with Crippen molar-refractivity contribution in [1.29, 1.82) is 0 Å². The Bertz CT molecular complexity index is 643. The molecule has 2 aromatic rings. The molecule has 128 valence electrons. The summed E-state index contributed by atoms with van der Waals surface area (Å²) in [5.74, 6) is 1.30. The van der Waals surface area contributed by atoms with Crippen LogP contribution in [-0.2, 0) is 5.75 Å². The number of carbonyl (C=O) groups excluding carboxylic acids is 1. The van der Waals surface area contributed by atoms with E-state index in [-0.39, 0.29) is 5.91 Å². The second-order valence-electron chi connectivity index (χ2n) is 6.35. The third-order valence-corrected chi connectivity index (χ3v) is 4.80. The Kier molecular flexibility index (Phi) is 7.35. The molecule has 0 fully saturated rings. The van der Waals surface area contributed by atoms with Gasteiger partial charge in [0.15, 0.2) is 0 Å². The first kappa shape index (κ1) is 18.6. The van der Waals surface area contributed by atoms with Crippen LogP contribution in [0.15, 0.2) is 59.5 Å². The molecular weight excluding hydrogens is 316 g/mol. The molecule has 0 aliphatic carbocycles. The first-order chi connectivity index (χ1) is 11.6. The minimum absolute atomic E-state index is 0.0109.